The van der Waals surface area contributed by atoms with Gasteiger partial charge in [-0.15, -0.1) is 24.0 Å². The van der Waals surface area contributed by atoms with Crippen molar-refractivity contribution in [1.82, 2.24) is 4.90 Å². The lowest BCUT2D eigenvalue weighted by Crippen LogP contribution is -2.13. The molecule has 0 rings (SSSR count). The molecule has 0 aliphatic carbocycles. The fourth-order valence-corrected chi connectivity index (χ4v) is 0.405. The molecule has 0 saturated heterocycles. The van der Waals surface area contributed by atoms with E-state index in [0.717, 1.165) is 6.54 Å². The van der Waals surface area contributed by atoms with Gasteiger partial charge in [0.2, 0.25) is 0 Å². The Morgan fingerprint density at radius 1 is 1.50 bits per heavy atom. The Morgan fingerprint density at radius 3 is 2.12 bits per heavy atom. The van der Waals surface area contributed by atoms with E-state index >= 15 is 0 Å². The van der Waals surface area contributed by atoms with Crippen molar-refractivity contribution in [2.24, 2.45) is 0 Å². The summed E-state index contributed by atoms with van der Waals surface area (Å²) in [4.78, 5) is 2.07. The standard InChI is InChI=1S/C5H11ClN.ClH/c1-7(2)5-3-4-6;/h3H,4-5H2,1-2H3;1H. The number of hydrogen-bond acceptors (Lipinski definition) is 1. The van der Waals surface area contributed by atoms with Crippen LogP contribution in [-0.4, -0.2) is 31.4 Å². The van der Waals surface area contributed by atoms with Gasteiger partial charge in [-0.3, -0.25) is 0 Å². The Morgan fingerprint density at radius 2 is 2.00 bits per heavy atom. The van der Waals surface area contributed by atoms with Gasteiger partial charge in [0.15, 0.2) is 0 Å². The first-order valence-corrected chi connectivity index (χ1v) is 2.83. The first-order chi connectivity index (χ1) is 3.27. The smallest absolute Gasteiger partial charge is 0.0267 e. The molecule has 3 heteroatoms. The summed E-state index contributed by atoms with van der Waals surface area (Å²) in [5.41, 5.74) is 0. The third kappa shape index (κ3) is 9.74. The van der Waals surface area contributed by atoms with Gasteiger partial charge in [-0.25, -0.2) is 0 Å². The molecule has 51 valence electrons. The second-order valence-electron chi connectivity index (χ2n) is 1.71. The zero-order valence-electron chi connectivity index (χ0n) is 5.22. The zero-order valence-corrected chi connectivity index (χ0v) is 6.80. The minimum absolute atomic E-state index is 0. The summed E-state index contributed by atoms with van der Waals surface area (Å²) in [6.45, 7) is 0.976. The van der Waals surface area contributed by atoms with Crippen molar-refractivity contribution in [3.8, 4) is 0 Å². The number of nitrogens with zero attached hydrogens (tertiary/aromatic N) is 1. The second kappa shape index (κ2) is 7.54. The van der Waals surface area contributed by atoms with Gasteiger partial charge < -0.3 is 4.90 Å². The molecular weight excluding hydrogens is 145 g/mol. The van der Waals surface area contributed by atoms with E-state index in [4.69, 9.17) is 11.6 Å². The highest BCUT2D eigenvalue weighted by molar-refractivity contribution is 6.18. The average Bonchev–Trinajstić information content (AvgIpc) is 1.61. The van der Waals surface area contributed by atoms with Crippen molar-refractivity contribution in [3.63, 3.8) is 0 Å². The van der Waals surface area contributed by atoms with Gasteiger partial charge in [0.05, 0.1) is 0 Å². The topological polar surface area (TPSA) is 3.24 Å². The third-order valence-corrected chi connectivity index (χ3v) is 0.822. The van der Waals surface area contributed by atoms with Crippen LogP contribution in [0.25, 0.3) is 0 Å². The summed E-state index contributed by atoms with van der Waals surface area (Å²) >= 11 is 5.36. The molecule has 0 fully saturated rings. The summed E-state index contributed by atoms with van der Waals surface area (Å²) in [7, 11) is 4.03. The average molecular weight is 157 g/mol. The van der Waals surface area contributed by atoms with Gasteiger partial charge in [-0.2, -0.15) is 0 Å². The monoisotopic (exact) mass is 156 g/mol. The van der Waals surface area contributed by atoms with E-state index in [9.17, 15) is 0 Å². The number of hydrogen-bond donors (Lipinski definition) is 0. The second-order valence-corrected chi connectivity index (χ2v) is 2.01. The summed E-state index contributed by atoms with van der Waals surface area (Å²) in [5, 5.41) is 0. The lowest BCUT2D eigenvalue weighted by molar-refractivity contribution is 0.443. The summed E-state index contributed by atoms with van der Waals surface area (Å²) < 4.78 is 0. The van der Waals surface area contributed by atoms with Gasteiger partial charge in [0.1, 0.15) is 0 Å². The Bertz CT molecular complexity index is 39.4. The Hall–Kier alpha value is 0.540. The molecule has 0 aromatic heterocycles. The van der Waals surface area contributed by atoms with E-state index in [1.807, 2.05) is 20.5 Å². The van der Waals surface area contributed by atoms with Crippen molar-refractivity contribution in [1.29, 1.82) is 0 Å². The number of rotatable bonds is 3. The van der Waals surface area contributed by atoms with E-state index in [1.165, 1.54) is 0 Å². The van der Waals surface area contributed by atoms with Crippen LogP contribution in [0.15, 0.2) is 0 Å². The summed E-state index contributed by atoms with van der Waals surface area (Å²) in [6, 6.07) is 0. The summed E-state index contributed by atoms with van der Waals surface area (Å²) in [6.07, 6.45) is 2.02. The minimum atomic E-state index is 0. The van der Waals surface area contributed by atoms with Crippen LogP contribution in [0, 0.1) is 6.42 Å². The highest BCUT2D eigenvalue weighted by Gasteiger charge is 1.85. The molecule has 0 bridgehead atoms. The van der Waals surface area contributed by atoms with Crippen molar-refractivity contribution in [2.75, 3.05) is 26.5 Å². The largest absolute Gasteiger partial charge is 0.309 e. The molecule has 0 N–H and O–H groups in total. The molecule has 0 aliphatic rings. The molecule has 0 aromatic rings. The Balaban J connectivity index is 0. The molecule has 0 saturated carbocycles. The van der Waals surface area contributed by atoms with Crippen LogP contribution < -0.4 is 0 Å². The highest BCUT2D eigenvalue weighted by Crippen LogP contribution is 1.82. The van der Waals surface area contributed by atoms with Crippen molar-refractivity contribution < 1.29 is 0 Å². The molecule has 0 amide bonds. The van der Waals surface area contributed by atoms with Crippen LogP contribution in [0.4, 0.5) is 0 Å². The van der Waals surface area contributed by atoms with Gasteiger partial charge in [-0.05, 0) is 20.5 Å². The van der Waals surface area contributed by atoms with E-state index in [0.29, 0.717) is 5.88 Å². The molecule has 1 radical (unpaired) electrons. The molecule has 0 aliphatic heterocycles. The van der Waals surface area contributed by atoms with Crippen LogP contribution in [-0.2, 0) is 0 Å². The fourth-order valence-electron chi connectivity index (χ4n) is 0.307. The molecule has 0 spiro atoms. The molecule has 1 nitrogen and oxygen atoms in total. The first kappa shape index (κ1) is 11.4. The van der Waals surface area contributed by atoms with Crippen LogP contribution in [0.3, 0.4) is 0 Å². The molecular formula is C5H12Cl2N. The minimum Gasteiger partial charge on any atom is -0.309 e. The van der Waals surface area contributed by atoms with Crippen molar-refractivity contribution in [3.05, 3.63) is 6.42 Å². The zero-order chi connectivity index (χ0) is 5.70. The predicted octanol–water partition coefficient (Wildman–Crippen LogP) is 1.41. The maximum atomic E-state index is 5.36. The Kier molecular flexibility index (Phi) is 10.7. The van der Waals surface area contributed by atoms with Crippen LogP contribution in [0.5, 0.6) is 0 Å². The quantitative estimate of drug-likeness (QED) is 0.560. The van der Waals surface area contributed by atoms with Crippen molar-refractivity contribution >= 4 is 24.0 Å². The predicted molar refractivity (Wildman–Crippen MR) is 40.8 cm³/mol. The van der Waals surface area contributed by atoms with E-state index in [-0.39, 0.29) is 12.4 Å². The van der Waals surface area contributed by atoms with Crippen LogP contribution >= 0.6 is 24.0 Å². The third-order valence-electron chi connectivity index (χ3n) is 0.603. The van der Waals surface area contributed by atoms with Gasteiger partial charge >= 0.3 is 0 Å². The van der Waals surface area contributed by atoms with Crippen LogP contribution in [0.2, 0.25) is 0 Å². The number of halogens is 2. The van der Waals surface area contributed by atoms with E-state index in [1.54, 1.807) is 0 Å². The highest BCUT2D eigenvalue weighted by atomic mass is 35.5. The number of alkyl halides is 1. The van der Waals surface area contributed by atoms with E-state index in [2.05, 4.69) is 4.90 Å². The summed E-state index contributed by atoms with van der Waals surface area (Å²) in [5.74, 6) is 0.651. The Labute approximate surface area is 62.4 Å². The van der Waals surface area contributed by atoms with Crippen molar-refractivity contribution in [2.45, 2.75) is 0 Å². The van der Waals surface area contributed by atoms with Gasteiger partial charge in [0, 0.05) is 12.4 Å². The lowest BCUT2D eigenvalue weighted by Gasteiger charge is -2.04. The first-order valence-electron chi connectivity index (χ1n) is 2.29. The SMILES string of the molecule is CN(C)C[CH]CCl.Cl. The lowest BCUT2D eigenvalue weighted by atomic mass is 10.5. The normalized spacial score (nSPS) is 9.00. The molecule has 0 atom stereocenters. The fraction of sp³-hybridized carbons (Fsp3) is 0.800. The molecule has 0 aromatic carbocycles. The van der Waals surface area contributed by atoms with E-state index < -0.39 is 0 Å². The van der Waals surface area contributed by atoms with Gasteiger partial charge in [-0.1, -0.05) is 0 Å². The van der Waals surface area contributed by atoms with Crippen LogP contribution in [0.1, 0.15) is 0 Å². The maximum Gasteiger partial charge on any atom is 0.0267 e. The molecule has 0 unspecified atom stereocenters. The molecule has 0 heterocycles. The van der Waals surface area contributed by atoms with Gasteiger partial charge in [0.25, 0.3) is 0 Å². The molecule has 8 heavy (non-hydrogen) atoms. The maximum absolute atomic E-state index is 5.36.